The highest BCUT2D eigenvalue weighted by Crippen LogP contribution is 2.17. The number of nitrogens with two attached hydrogens (primary N) is 1. The van der Waals surface area contributed by atoms with Gasteiger partial charge in [0.1, 0.15) is 5.82 Å². The zero-order valence-electron chi connectivity index (χ0n) is 11.9. The molecule has 2 N–H and O–H groups in total. The van der Waals surface area contributed by atoms with Crippen LogP contribution in [0.15, 0.2) is 18.2 Å². The molecule has 0 saturated carbocycles. The maximum Gasteiger partial charge on any atom is 0.125 e. The molecule has 0 bridgehead atoms. The van der Waals surface area contributed by atoms with Gasteiger partial charge in [-0.15, -0.1) is 0 Å². The lowest BCUT2D eigenvalue weighted by molar-refractivity contribution is 0.212. The topological polar surface area (TPSA) is 29.3 Å². The lowest BCUT2D eigenvalue weighted by Gasteiger charge is -2.26. The first-order valence-electron chi connectivity index (χ1n) is 6.64. The minimum absolute atomic E-state index is 0.268. The van der Waals surface area contributed by atoms with Crippen LogP contribution in [0.1, 0.15) is 33.3 Å². The summed E-state index contributed by atoms with van der Waals surface area (Å²) in [6.07, 6.45) is 0. The Morgan fingerprint density at radius 3 is 2.11 bits per heavy atom. The van der Waals surface area contributed by atoms with Gasteiger partial charge in [-0.3, -0.25) is 4.90 Å². The highest BCUT2D eigenvalue weighted by atomic mass is 19.1. The van der Waals surface area contributed by atoms with Crippen molar-refractivity contribution in [2.45, 2.75) is 34.2 Å². The molecular formula is C15H25FN2. The van der Waals surface area contributed by atoms with Crippen LogP contribution in [-0.2, 0) is 6.54 Å². The van der Waals surface area contributed by atoms with E-state index < -0.39 is 0 Å². The SMILES string of the molecule is CC(C)CN(Cc1ccc(F)cc1N)CC(C)C. The summed E-state index contributed by atoms with van der Waals surface area (Å²) in [6, 6.07) is 4.67. The number of halogens is 1. The molecule has 0 atom stereocenters. The summed E-state index contributed by atoms with van der Waals surface area (Å²) in [5.41, 5.74) is 7.43. The van der Waals surface area contributed by atoms with E-state index in [2.05, 4.69) is 32.6 Å². The third-order valence-corrected chi connectivity index (χ3v) is 2.75. The lowest BCUT2D eigenvalue weighted by atomic mass is 10.1. The van der Waals surface area contributed by atoms with Crippen LogP contribution in [0.5, 0.6) is 0 Å². The summed E-state index contributed by atoms with van der Waals surface area (Å²) in [7, 11) is 0. The molecule has 0 spiro atoms. The minimum Gasteiger partial charge on any atom is -0.398 e. The van der Waals surface area contributed by atoms with E-state index >= 15 is 0 Å². The molecule has 0 saturated heterocycles. The second-order valence-electron chi connectivity index (χ2n) is 5.82. The number of nitrogens with zero attached hydrogens (tertiary/aromatic N) is 1. The van der Waals surface area contributed by atoms with Crippen molar-refractivity contribution in [3.05, 3.63) is 29.6 Å². The second kappa shape index (κ2) is 6.74. The summed E-state index contributed by atoms with van der Waals surface area (Å²) in [4.78, 5) is 2.39. The summed E-state index contributed by atoms with van der Waals surface area (Å²) >= 11 is 0. The van der Waals surface area contributed by atoms with Crippen LogP contribution in [0, 0.1) is 17.7 Å². The van der Waals surface area contributed by atoms with Crippen LogP contribution < -0.4 is 5.73 Å². The molecule has 0 aromatic heterocycles. The molecule has 18 heavy (non-hydrogen) atoms. The maximum absolute atomic E-state index is 13.0. The molecule has 0 heterocycles. The van der Waals surface area contributed by atoms with Crippen LogP contribution in [0.3, 0.4) is 0 Å². The molecule has 1 aromatic carbocycles. The average Bonchev–Trinajstić information content (AvgIpc) is 2.20. The van der Waals surface area contributed by atoms with Crippen LogP contribution >= 0.6 is 0 Å². The van der Waals surface area contributed by atoms with Crippen molar-refractivity contribution in [1.29, 1.82) is 0 Å². The predicted molar refractivity (Wildman–Crippen MR) is 75.8 cm³/mol. The highest BCUT2D eigenvalue weighted by molar-refractivity contribution is 5.46. The van der Waals surface area contributed by atoms with E-state index in [1.807, 2.05) is 0 Å². The Bertz CT molecular complexity index is 365. The fourth-order valence-corrected chi connectivity index (χ4v) is 2.19. The second-order valence-corrected chi connectivity index (χ2v) is 5.82. The first-order chi connectivity index (χ1) is 8.38. The van der Waals surface area contributed by atoms with Gasteiger partial charge in [0.25, 0.3) is 0 Å². The number of hydrogen-bond donors (Lipinski definition) is 1. The molecule has 1 aromatic rings. The van der Waals surface area contributed by atoms with E-state index in [0.717, 1.165) is 25.2 Å². The Labute approximate surface area is 110 Å². The van der Waals surface area contributed by atoms with Crippen molar-refractivity contribution in [3.8, 4) is 0 Å². The molecule has 2 nitrogen and oxygen atoms in total. The number of nitrogen functional groups attached to an aromatic ring is 1. The van der Waals surface area contributed by atoms with Crippen LogP contribution in [0.25, 0.3) is 0 Å². The molecule has 3 heteroatoms. The number of rotatable bonds is 6. The van der Waals surface area contributed by atoms with Crippen LogP contribution in [-0.4, -0.2) is 18.0 Å². The third kappa shape index (κ3) is 5.05. The van der Waals surface area contributed by atoms with Gasteiger partial charge >= 0.3 is 0 Å². The van der Waals surface area contributed by atoms with E-state index in [-0.39, 0.29) is 5.82 Å². The molecule has 0 aliphatic heterocycles. The van der Waals surface area contributed by atoms with Crippen molar-refractivity contribution >= 4 is 5.69 Å². The molecule has 0 amide bonds. The van der Waals surface area contributed by atoms with Gasteiger partial charge in [0, 0.05) is 25.3 Å². The zero-order chi connectivity index (χ0) is 13.7. The Balaban J connectivity index is 2.75. The Hall–Kier alpha value is -1.09. The largest absolute Gasteiger partial charge is 0.398 e. The first kappa shape index (κ1) is 15.0. The zero-order valence-corrected chi connectivity index (χ0v) is 11.9. The van der Waals surface area contributed by atoms with Gasteiger partial charge in [-0.1, -0.05) is 33.8 Å². The fraction of sp³-hybridized carbons (Fsp3) is 0.600. The summed E-state index contributed by atoms with van der Waals surface area (Å²) in [5.74, 6) is 0.964. The van der Waals surface area contributed by atoms with Gasteiger partial charge in [0.2, 0.25) is 0 Å². The van der Waals surface area contributed by atoms with E-state index in [0.29, 0.717) is 17.5 Å². The molecule has 102 valence electrons. The van der Waals surface area contributed by atoms with Crippen molar-refractivity contribution in [2.75, 3.05) is 18.8 Å². The smallest absolute Gasteiger partial charge is 0.125 e. The van der Waals surface area contributed by atoms with Crippen molar-refractivity contribution in [3.63, 3.8) is 0 Å². The Morgan fingerprint density at radius 2 is 1.67 bits per heavy atom. The Morgan fingerprint density at radius 1 is 1.11 bits per heavy atom. The van der Waals surface area contributed by atoms with Gasteiger partial charge in [0.15, 0.2) is 0 Å². The van der Waals surface area contributed by atoms with Gasteiger partial charge in [0.05, 0.1) is 0 Å². The molecule has 0 fully saturated rings. The Kier molecular flexibility index (Phi) is 5.60. The van der Waals surface area contributed by atoms with Gasteiger partial charge in [-0.05, 0) is 29.5 Å². The molecule has 0 radical (unpaired) electrons. The predicted octanol–water partition coefficient (Wildman–Crippen LogP) is 3.52. The van der Waals surface area contributed by atoms with Crippen molar-refractivity contribution in [1.82, 2.24) is 4.90 Å². The van der Waals surface area contributed by atoms with Gasteiger partial charge in [-0.25, -0.2) is 4.39 Å². The summed E-state index contributed by atoms with van der Waals surface area (Å²) < 4.78 is 13.0. The number of benzene rings is 1. The monoisotopic (exact) mass is 252 g/mol. The van der Waals surface area contributed by atoms with E-state index in [9.17, 15) is 4.39 Å². The average molecular weight is 252 g/mol. The van der Waals surface area contributed by atoms with Crippen LogP contribution in [0.2, 0.25) is 0 Å². The van der Waals surface area contributed by atoms with Crippen molar-refractivity contribution < 1.29 is 4.39 Å². The highest BCUT2D eigenvalue weighted by Gasteiger charge is 2.12. The summed E-state index contributed by atoms with van der Waals surface area (Å²) in [5, 5.41) is 0. The quantitative estimate of drug-likeness (QED) is 0.785. The number of anilines is 1. The standard InChI is InChI=1S/C15H25FN2/c1-11(2)8-18(9-12(3)4)10-13-5-6-14(16)7-15(13)17/h5-7,11-12H,8-10,17H2,1-4H3. The maximum atomic E-state index is 13.0. The third-order valence-electron chi connectivity index (χ3n) is 2.75. The lowest BCUT2D eigenvalue weighted by Crippen LogP contribution is -2.31. The van der Waals surface area contributed by atoms with Crippen molar-refractivity contribution in [2.24, 2.45) is 11.8 Å². The van der Waals surface area contributed by atoms with E-state index in [1.165, 1.54) is 12.1 Å². The first-order valence-corrected chi connectivity index (χ1v) is 6.64. The number of hydrogen-bond acceptors (Lipinski definition) is 2. The van der Waals surface area contributed by atoms with Gasteiger partial charge in [-0.2, -0.15) is 0 Å². The normalized spacial score (nSPS) is 11.8. The molecule has 1 rings (SSSR count). The van der Waals surface area contributed by atoms with Crippen LogP contribution in [0.4, 0.5) is 10.1 Å². The molecule has 0 unspecified atom stereocenters. The molecule has 0 aliphatic carbocycles. The van der Waals surface area contributed by atoms with Gasteiger partial charge < -0.3 is 5.73 Å². The summed E-state index contributed by atoms with van der Waals surface area (Å²) in [6.45, 7) is 11.7. The minimum atomic E-state index is -0.268. The van der Waals surface area contributed by atoms with E-state index in [4.69, 9.17) is 5.73 Å². The molecular weight excluding hydrogens is 227 g/mol. The molecule has 0 aliphatic rings. The fourth-order valence-electron chi connectivity index (χ4n) is 2.19. The van der Waals surface area contributed by atoms with E-state index in [1.54, 1.807) is 6.07 Å².